The highest BCUT2D eigenvalue weighted by molar-refractivity contribution is 6.34. The molecule has 2 heterocycles. The second-order valence-electron chi connectivity index (χ2n) is 7.49. The van der Waals surface area contributed by atoms with Crippen molar-refractivity contribution in [2.45, 2.75) is 13.0 Å². The summed E-state index contributed by atoms with van der Waals surface area (Å²) in [6.45, 7) is 2.09. The summed E-state index contributed by atoms with van der Waals surface area (Å²) in [6, 6.07) is 7.40. The van der Waals surface area contributed by atoms with E-state index >= 15 is 0 Å². The van der Waals surface area contributed by atoms with Gasteiger partial charge in [-0.3, -0.25) is 9.20 Å². The molecular formula is C23H21ClF2N6O2. The summed E-state index contributed by atoms with van der Waals surface area (Å²) in [6.07, 6.45) is 4.50. The molecule has 0 aliphatic carbocycles. The SMILES string of the molecule is COc1ccc(-c2cnc3c(Nc4ccc(C(=O)N[C@H](C)CN)c(Cl)c4)nccn23)c(F)c1F. The van der Waals surface area contributed by atoms with E-state index in [1.54, 1.807) is 35.7 Å². The van der Waals surface area contributed by atoms with Gasteiger partial charge >= 0.3 is 0 Å². The molecule has 0 spiro atoms. The van der Waals surface area contributed by atoms with E-state index in [1.165, 1.54) is 31.6 Å². The summed E-state index contributed by atoms with van der Waals surface area (Å²) >= 11 is 6.32. The highest BCUT2D eigenvalue weighted by atomic mass is 35.5. The molecule has 4 N–H and O–H groups in total. The van der Waals surface area contributed by atoms with Gasteiger partial charge < -0.3 is 21.1 Å². The Morgan fingerprint density at radius 2 is 2.03 bits per heavy atom. The smallest absolute Gasteiger partial charge is 0.253 e. The lowest BCUT2D eigenvalue weighted by Gasteiger charge is -2.13. The third-order valence-corrected chi connectivity index (χ3v) is 5.49. The molecule has 1 atom stereocenters. The molecular weight excluding hydrogens is 466 g/mol. The van der Waals surface area contributed by atoms with E-state index in [0.717, 1.165) is 0 Å². The van der Waals surface area contributed by atoms with Crippen LogP contribution in [0.1, 0.15) is 17.3 Å². The molecule has 8 nitrogen and oxygen atoms in total. The van der Waals surface area contributed by atoms with Gasteiger partial charge in [-0.1, -0.05) is 11.6 Å². The van der Waals surface area contributed by atoms with Crippen LogP contribution in [0.4, 0.5) is 20.3 Å². The third kappa shape index (κ3) is 4.37. The monoisotopic (exact) mass is 486 g/mol. The molecule has 0 saturated heterocycles. The van der Waals surface area contributed by atoms with Gasteiger partial charge in [0.25, 0.3) is 5.91 Å². The summed E-state index contributed by atoms with van der Waals surface area (Å²) in [7, 11) is 1.27. The fourth-order valence-corrected chi connectivity index (χ4v) is 3.63. The lowest BCUT2D eigenvalue weighted by Crippen LogP contribution is -2.37. The van der Waals surface area contributed by atoms with E-state index in [0.29, 0.717) is 35.0 Å². The van der Waals surface area contributed by atoms with E-state index in [-0.39, 0.29) is 28.3 Å². The minimum absolute atomic E-state index is 0.0214. The number of aromatic nitrogens is 3. The van der Waals surface area contributed by atoms with E-state index in [9.17, 15) is 13.6 Å². The minimum Gasteiger partial charge on any atom is -0.494 e. The van der Waals surface area contributed by atoms with E-state index < -0.39 is 11.6 Å². The molecule has 0 radical (unpaired) electrons. The summed E-state index contributed by atoms with van der Waals surface area (Å²) in [5.74, 6) is -2.29. The Balaban J connectivity index is 1.65. The zero-order valence-corrected chi connectivity index (χ0v) is 19.0. The van der Waals surface area contributed by atoms with E-state index in [2.05, 4.69) is 20.6 Å². The Morgan fingerprint density at radius 1 is 1.24 bits per heavy atom. The fourth-order valence-electron chi connectivity index (χ4n) is 3.37. The van der Waals surface area contributed by atoms with E-state index in [1.807, 2.05) is 0 Å². The lowest BCUT2D eigenvalue weighted by molar-refractivity contribution is 0.0941. The number of hydrogen-bond acceptors (Lipinski definition) is 6. The highest BCUT2D eigenvalue weighted by Crippen LogP contribution is 2.32. The number of anilines is 2. The number of rotatable bonds is 7. The lowest BCUT2D eigenvalue weighted by atomic mass is 10.1. The molecule has 2 aromatic heterocycles. The number of nitrogens with two attached hydrogens (primary N) is 1. The van der Waals surface area contributed by atoms with Crippen molar-refractivity contribution in [3.8, 4) is 17.0 Å². The van der Waals surface area contributed by atoms with Crippen LogP contribution in [0.5, 0.6) is 5.75 Å². The van der Waals surface area contributed by atoms with Crippen LogP contribution >= 0.6 is 11.6 Å². The van der Waals surface area contributed by atoms with E-state index in [4.69, 9.17) is 22.1 Å². The third-order valence-electron chi connectivity index (χ3n) is 5.18. The standard InChI is InChI=1S/C23H21ClF2N6O2/c1-12(10-27)30-23(33)14-4-3-13(9-16(14)24)31-21-22-29-11-17(32(22)8-7-28-21)15-5-6-18(34-2)20(26)19(15)25/h3-9,11-12H,10,27H2,1-2H3,(H,28,31)(H,30,33)/t12-/m1/s1. The van der Waals surface area contributed by atoms with Crippen molar-refractivity contribution in [1.29, 1.82) is 0 Å². The van der Waals surface area contributed by atoms with Crippen molar-refractivity contribution in [2.24, 2.45) is 5.73 Å². The number of methoxy groups -OCH3 is 1. The number of amides is 1. The Morgan fingerprint density at radius 3 is 2.74 bits per heavy atom. The number of hydrogen-bond donors (Lipinski definition) is 3. The molecule has 0 aliphatic heterocycles. The maximum atomic E-state index is 14.7. The maximum absolute atomic E-state index is 14.7. The predicted molar refractivity (Wildman–Crippen MR) is 126 cm³/mol. The Labute approximate surface area is 198 Å². The highest BCUT2D eigenvalue weighted by Gasteiger charge is 2.19. The van der Waals surface area contributed by atoms with Crippen molar-refractivity contribution < 1.29 is 18.3 Å². The predicted octanol–water partition coefficient (Wildman–Crippen LogP) is 4.16. The van der Waals surface area contributed by atoms with Gasteiger partial charge in [0.1, 0.15) is 0 Å². The Hall–Kier alpha value is -3.76. The molecule has 0 saturated carbocycles. The molecule has 1 amide bonds. The maximum Gasteiger partial charge on any atom is 0.253 e. The molecule has 176 valence electrons. The van der Waals surface area contributed by atoms with Crippen LogP contribution in [0, 0.1) is 11.6 Å². The van der Waals surface area contributed by atoms with Crippen LogP contribution in [0.2, 0.25) is 5.02 Å². The van der Waals surface area contributed by atoms with Crippen molar-refractivity contribution in [2.75, 3.05) is 19.0 Å². The number of nitrogens with one attached hydrogen (secondary N) is 2. The van der Waals surface area contributed by atoms with Gasteiger partial charge in [0.2, 0.25) is 5.82 Å². The molecule has 4 rings (SSSR count). The molecule has 11 heteroatoms. The molecule has 0 unspecified atom stereocenters. The van der Waals surface area contributed by atoms with Crippen molar-refractivity contribution in [3.63, 3.8) is 0 Å². The van der Waals surface area contributed by atoms with Crippen LogP contribution in [-0.2, 0) is 0 Å². The van der Waals surface area contributed by atoms with Crippen LogP contribution in [-0.4, -0.2) is 40.0 Å². The summed E-state index contributed by atoms with van der Waals surface area (Å²) in [5, 5.41) is 6.09. The minimum atomic E-state index is -1.08. The molecule has 4 aromatic rings. The Bertz CT molecular complexity index is 1380. The Kier molecular flexibility index (Phi) is 6.62. The van der Waals surface area contributed by atoms with Gasteiger partial charge in [-0.2, -0.15) is 4.39 Å². The molecule has 2 aromatic carbocycles. The zero-order chi connectivity index (χ0) is 24.4. The van der Waals surface area contributed by atoms with Crippen LogP contribution in [0.25, 0.3) is 16.9 Å². The first-order valence-corrected chi connectivity index (χ1v) is 10.6. The van der Waals surface area contributed by atoms with Crippen molar-refractivity contribution in [1.82, 2.24) is 19.7 Å². The van der Waals surface area contributed by atoms with Gasteiger partial charge in [0, 0.05) is 36.2 Å². The average molecular weight is 487 g/mol. The van der Waals surface area contributed by atoms with Crippen molar-refractivity contribution >= 4 is 34.7 Å². The van der Waals surface area contributed by atoms with Crippen LogP contribution < -0.4 is 21.1 Å². The number of benzene rings is 2. The quantitative estimate of drug-likeness (QED) is 0.362. The first-order chi connectivity index (χ1) is 16.3. The van der Waals surface area contributed by atoms with Gasteiger partial charge in [0.05, 0.1) is 29.6 Å². The number of nitrogens with zero attached hydrogens (tertiary/aromatic N) is 3. The first kappa shape index (κ1) is 23.4. The van der Waals surface area contributed by atoms with Gasteiger partial charge in [-0.25, -0.2) is 14.4 Å². The van der Waals surface area contributed by atoms with Crippen LogP contribution in [0.3, 0.4) is 0 Å². The largest absolute Gasteiger partial charge is 0.494 e. The zero-order valence-electron chi connectivity index (χ0n) is 18.3. The molecule has 0 aliphatic rings. The first-order valence-electron chi connectivity index (χ1n) is 10.3. The summed E-state index contributed by atoms with van der Waals surface area (Å²) in [5.41, 5.74) is 7.13. The number of carbonyl (C=O) groups is 1. The second-order valence-corrected chi connectivity index (χ2v) is 7.89. The number of ether oxygens (including phenoxy) is 1. The number of halogens is 3. The van der Waals surface area contributed by atoms with Gasteiger partial charge in [0.15, 0.2) is 23.0 Å². The number of imidazole rings is 1. The summed E-state index contributed by atoms with van der Waals surface area (Å²) < 4.78 is 35.3. The topological polar surface area (TPSA) is 107 Å². The normalized spacial score (nSPS) is 11.9. The van der Waals surface area contributed by atoms with Gasteiger partial charge in [-0.15, -0.1) is 0 Å². The molecule has 34 heavy (non-hydrogen) atoms. The van der Waals surface area contributed by atoms with Crippen molar-refractivity contribution in [3.05, 3.63) is 71.1 Å². The van der Waals surface area contributed by atoms with Crippen LogP contribution in [0.15, 0.2) is 48.9 Å². The second kappa shape index (κ2) is 9.62. The van der Waals surface area contributed by atoms with Gasteiger partial charge in [-0.05, 0) is 37.3 Å². The average Bonchev–Trinajstić information content (AvgIpc) is 3.25. The summed E-state index contributed by atoms with van der Waals surface area (Å²) in [4.78, 5) is 21.0. The number of fused-ring (bicyclic) bond motifs is 1. The fraction of sp³-hybridized carbons (Fsp3) is 0.174. The molecule has 0 fully saturated rings. The molecule has 0 bridgehead atoms. The number of carbonyl (C=O) groups excluding carboxylic acids is 1.